The highest BCUT2D eigenvalue weighted by atomic mass is 19.1. The van der Waals surface area contributed by atoms with Crippen LogP contribution in [-0.2, 0) is 22.6 Å². The molecule has 2 unspecified atom stereocenters. The molecule has 0 bridgehead atoms. The summed E-state index contributed by atoms with van der Waals surface area (Å²) in [6, 6.07) is 13.5. The zero-order valence-corrected chi connectivity index (χ0v) is 21.9. The minimum Gasteiger partial charge on any atom is -0.393 e. The number of nitrogens with two attached hydrogens (primary N) is 1. The van der Waals surface area contributed by atoms with E-state index in [2.05, 4.69) is 15.3 Å². The molecule has 0 fully saturated rings. The van der Waals surface area contributed by atoms with Gasteiger partial charge in [0.25, 0.3) is 5.91 Å². The molecule has 0 aliphatic carbocycles. The number of aromatic nitrogens is 2. The average molecular weight is 527 g/mol. The van der Waals surface area contributed by atoms with E-state index >= 15 is 0 Å². The van der Waals surface area contributed by atoms with E-state index in [4.69, 9.17) is 5.90 Å². The Morgan fingerprint density at radius 2 is 1.79 bits per heavy atom. The number of hydrogen-bond acceptors (Lipinski definition) is 7. The number of carbonyl (C=O) groups is 2. The van der Waals surface area contributed by atoms with Gasteiger partial charge in [-0.2, -0.15) is 11.0 Å². The molecule has 9 nitrogen and oxygen atoms in total. The smallest absolute Gasteiger partial charge is 0.327 e. The number of halogens is 1. The Labute approximate surface area is 221 Å². The predicted molar refractivity (Wildman–Crippen MR) is 140 cm³/mol. The molecule has 0 aliphatic rings. The molecule has 1 amide bonds. The first kappa shape index (κ1) is 29.0. The molecule has 1 aromatic heterocycles. The van der Waals surface area contributed by atoms with E-state index in [1.54, 1.807) is 16.8 Å². The fraction of sp³-hybridized carbons (Fsp3) is 0.393. The maximum absolute atomic E-state index is 13.6. The van der Waals surface area contributed by atoms with E-state index in [0.29, 0.717) is 24.3 Å². The fourth-order valence-corrected chi connectivity index (χ4v) is 4.40. The number of aliphatic hydroxyl groups excluding tert-OH is 2. The number of nitrogens with zero attached hydrogens (tertiary/aromatic N) is 2. The van der Waals surface area contributed by atoms with Gasteiger partial charge in [0, 0.05) is 17.8 Å². The highest BCUT2D eigenvalue weighted by Gasteiger charge is 2.26. The molecule has 3 aromatic rings. The van der Waals surface area contributed by atoms with Crippen LogP contribution in [0.15, 0.2) is 48.5 Å². The first-order valence-electron chi connectivity index (χ1n) is 12.6. The van der Waals surface area contributed by atoms with Gasteiger partial charge < -0.3 is 20.4 Å². The maximum atomic E-state index is 13.6. The Kier molecular flexibility index (Phi) is 10.1. The minimum absolute atomic E-state index is 0.0550. The molecule has 2 aromatic carbocycles. The molecule has 5 N–H and O–H groups in total. The van der Waals surface area contributed by atoms with Crippen LogP contribution in [0.25, 0.3) is 5.69 Å². The topological polar surface area (TPSA) is 140 Å². The van der Waals surface area contributed by atoms with Gasteiger partial charge in [0.15, 0.2) is 5.69 Å². The first-order chi connectivity index (χ1) is 18.1. The van der Waals surface area contributed by atoms with Crippen LogP contribution in [-0.4, -0.2) is 44.1 Å². The molecular formula is C28H35FN4O5. The van der Waals surface area contributed by atoms with E-state index in [1.807, 2.05) is 45.0 Å². The van der Waals surface area contributed by atoms with Gasteiger partial charge in [-0.05, 0) is 67.5 Å². The van der Waals surface area contributed by atoms with Crippen LogP contribution in [0.3, 0.4) is 0 Å². The molecule has 10 heteroatoms. The second kappa shape index (κ2) is 13.3. The molecule has 0 saturated carbocycles. The molecule has 38 heavy (non-hydrogen) atoms. The lowest BCUT2D eigenvalue weighted by Crippen LogP contribution is -2.25. The number of amides is 1. The Morgan fingerprint density at radius 1 is 1.11 bits per heavy atom. The summed E-state index contributed by atoms with van der Waals surface area (Å²) in [4.78, 5) is 28.7. The average Bonchev–Trinajstić information content (AvgIpc) is 3.27. The summed E-state index contributed by atoms with van der Waals surface area (Å²) in [5.41, 5.74) is 4.30. The van der Waals surface area contributed by atoms with E-state index in [0.717, 1.165) is 16.7 Å². The molecule has 0 spiro atoms. The third-order valence-corrected chi connectivity index (χ3v) is 6.38. The second-order valence-corrected chi connectivity index (χ2v) is 9.64. The van der Waals surface area contributed by atoms with Crippen molar-refractivity contribution in [2.45, 2.75) is 71.1 Å². The number of carbonyl (C=O) groups excluding carboxylic acids is 2. The van der Waals surface area contributed by atoms with Gasteiger partial charge in [-0.1, -0.05) is 38.1 Å². The Hall–Kier alpha value is -3.60. The molecule has 0 radical (unpaired) electrons. The zero-order valence-electron chi connectivity index (χ0n) is 21.9. The van der Waals surface area contributed by atoms with Gasteiger partial charge in [-0.3, -0.25) is 9.59 Å². The summed E-state index contributed by atoms with van der Waals surface area (Å²) in [6.45, 7) is 6.21. The Morgan fingerprint density at radius 3 is 2.42 bits per heavy atom. The van der Waals surface area contributed by atoms with Gasteiger partial charge in [-0.15, -0.1) is 0 Å². The number of rotatable bonds is 12. The summed E-state index contributed by atoms with van der Waals surface area (Å²) in [6.07, 6.45) is -1.89. The number of aryl methyl sites for hydroxylation is 1. The van der Waals surface area contributed by atoms with Crippen LogP contribution < -0.4 is 11.2 Å². The monoisotopic (exact) mass is 526 g/mol. The van der Waals surface area contributed by atoms with Gasteiger partial charge >= 0.3 is 5.97 Å². The molecule has 0 aliphatic heterocycles. The Balaban J connectivity index is 1.89. The van der Waals surface area contributed by atoms with Crippen LogP contribution in [0.2, 0.25) is 0 Å². The summed E-state index contributed by atoms with van der Waals surface area (Å²) < 4.78 is 15.2. The SMILES string of the molecule is Cc1ccccc1CNC(=O)c1nn(-c2ccc(F)cc2)c(CCC(O)CC(O)CC(=O)ON)c1C(C)C. The van der Waals surface area contributed by atoms with Crippen molar-refractivity contribution < 1.29 is 29.0 Å². The van der Waals surface area contributed by atoms with Gasteiger partial charge in [0.05, 0.1) is 24.3 Å². The van der Waals surface area contributed by atoms with Crippen molar-refractivity contribution in [3.8, 4) is 5.69 Å². The van der Waals surface area contributed by atoms with E-state index < -0.39 is 24.0 Å². The third kappa shape index (κ3) is 7.47. The summed E-state index contributed by atoms with van der Waals surface area (Å²) in [5.74, 6) is 3.22. The van der Waals surface area contributed by atoms with E-state index in [1.165, 1.54) is 12.1 Å². The van der Waals surface area contributed by atoms with E-state index in [-0.39, 0.29) is 36.8 Å². The maximum Gasteiger partial charge on any atom is 0.327 e. The molecule has 0 saturated heterocycles. The van der Waals surface area contributed by atoms with Gasteiger partial charge in [-0.25, -0.2) is 9.07 Å². The number of hydrogen-bond donors (Lipinski definition) is 4. The van der Waals surface area contributed by atoms with Crippen molar-refractivity contribution in [1.82, 2.24) is 15.1 Å². The summed E-state index contributed by atoms with van der Waals surface area (Å²) >= 11 is 0. The van der Waals surface area contributed by atoms with Crippen LogP contribution in [0.1, 0.15) is 71.9 Å². The summed E-state index contributed by atoms with van der Waals surface area (Å²) in [7, 11) is 0. The van der Waals surface area contributed by atoms with Crippen molar-refractivity contribution in [1.29, 1.82) is 0 Å². The molecule has 2 atom stereocenters. The zero-order chi connectivity index (χ0) is 27.8. The highest BCUT2D eigenvalue weighted by molar-refractivity contribution is 5.94. The number of aliphatic hydroxyl groups is 2. The Bertz CT molecular complexity index is 1240. The van der Waals surface area contributed by atoms with Crippen LogP contribution in [0, 0.1) is 12.7 Å². The number of benzene rings is 2. The third-order valence-electron chi connectivity index (χ3n) is 6.38. The normalized spacial score (nSPS) is 12.8. The van der Waals surface area contributed by atoms with Crippen LogP contribution in [0.5, 0.6) is 0 Å². The molecule has 3 rings (SSSR count). The second-order valence-electron chi connectivity index (χ2n) is 9.64. The van der Waals surface area contributed by atoms with Crippen molar-refractivity contribution >= 4 is 11.9 Å². The van der Waals surface area contributed by atoms with E-state index in [9.17, 15) is 24.2 Å². The summed E-state index contributed by atoms with van der Waals surface area (Å²) in [5, 5.41) is 28.2. The minimum atomic E-state index is -1.12. The van der Waals surface area contributed by atoms with Crippen molar-refractivity contribution in [3.63, 3.8) is 0 Å². The van der Waals surface area contributed by atoms with Crippen molar-refractivity contribution in [2.24, 2.45) is 5.90 Å². The fourth-order valence-electron chi connectivity index (χ4n) is 4.40. The van der Waals surface area contributed by atoms with Gasteiger partial charge in [0.2, 0.25) is 0 Å². The van der Waals surface area contributed by atoms with Crippen LogP contribution >= 0.6 is 0 Å². The van der Waals surface area contributed by atoms with Crippen molar-refractivity contribution in [2.75, 3.05) is 0 Å². The van der Waals surface area contributed by atoms with Crippen molar-refractivity contribution in [3.05, 3.63) is 82.4 Å². The van der Waals surface area contributed by atoms with Gasteiger partial charge in [0.1, 0.15) is 5.82 Å². The quantitative estimate of drug-likeness (QED) is 0.266. The lowest BCUT2D eigenvalue weighted by molar-refractivity contribution is -0.146. The number of nitrogens with one attached hydrogen (secondary N) is 1. The largest absolute Gasteiger partial charge is 0.393 e. The highest BCUT2D eigenvalue weighted by Crippen LogP contribution is 2.28. The first-order valence-corrected chi connectivity index (χ1v) is 12.6. The molecule has 204 valence electrons. The lowest BCUT2D eigenvalue weighted by atomic mass is 9.95. The predicted octanol–water partition coefficient (Wildman–Crippen LogP) is 3.22. The molecule has 1 heterocycles. The lowest BCUT2D eigenvalue weighted by Gasteiger charge is -2.17. The standard InChI is InChI=1S/C28H35FN4O5/c1-17(2)26-24(13-12-22(34)14-23(35)15-25(36)38-30)33(21-10-8-20(29)9-11-21)32-27(26)28(37)31-16-19-7-5-4-6-18(19)3/h4-11,17,22-23,34-35H,12-16,30H2,1-3H3,(H,31,37). The van der Waals surface area contributed by atoms with Crippen LogP contribution in [0.4, 0.5) is 4.39 Å². The molecular weight excluding hydrogens is 491 g/mol.